The van der Waals surface area contributed by atoms with Crippen molar-refractivity contribution in [1.29, 1.82) is 0 Å². The Morgan fingerprint density at radius 3 is 2.88 bits per heavy atom. The van der Waals surface area contributed by atoms with E-state index in [9.17, 15) is 4.79 Å². The molecule has 0 aromatic heterocycles. The Hall–Kier alpha value is -1.26. The number of halogens is 1. The smallest absolute Gasteiger partial charge is 0.166 e. The third-order valence-corrected chi connectivity index (χ3v) is 2.97. The number of nitrogens with two attached hydrogens (primary N) is 1. The van der Waals surface area contributed by atoms with Crippen LogP contribution in [0.2, 0.25) is 5.02 Å². The average Bonchev–Trinajstić information content (AvgIpc) is 2.29. The van der Waals surface area contributed by atoms with Gasteiger partial charge in [0.2, 0.25) is 0 Å². The summed E-state index contributed by atoms with van der Waals surface area (Å²) in [6.07, 6.45) is 0.278. The zero-order valence-electron chi connectivity index (χ0n) is 9.59. The van der Waals surface area contributed by atoms with Crippen LogP contribution in [0.15, 0.2) is 6.07 Å². The summed E-state index contributed by atoms with van der Waals surface area (Å²) in [5, 5.41) is 0.394. The van der Waals surface area contributed by atoms with Gasteiger partial charge in [-0.3, -0.25) is 4.79 Å². The van der Waals surface area contributed by atoms with Crippen LogP contribution in [-0.2, 0) is 0 Å². The van der Waals surface area contributed by atoms with Crippen molar-refractivity contribution in [3.05, 3.63) is 22.2 Å². The Morgan fingerprint density at radius 1 is 1.47 bits per heavy atom. The quantitative estimate of drug-likeness (QED) is 0.839. The molecule has 17 heavy (non-hydrogen) atoms. The Balaban J connectivity index is 2.49. The lowest BCUT2D eigenvalue weighted by Gasteiger charge is -2.22. The van der Waals surface area contributed by atoms with Gasteiger partial charge in [0.15, 0.2) is 17.3 Å². The van der Waals surface area contributed by atoms with E-state index < -0.39 is 0 Å². The molecule has 0 amide bonds. The summed E-state index contributed by atoms with van der Waals surface area (Å²) in [5.41, 5.74) is 6.60. The van der Waals surface area contributed by atoms with Crippen molar-refractivity contribution < 1.29 is 14.3 Å². The number of ether oxygens (including phenoxy) is 2. The number of benzene rings is 1. The van der Waals surface area contributed by atoms with Crippen LogP contribution in [-0.4, -0.2) is 25.5 Å². The predicted molar refractivity (Wildman–Crippen MR) is 65.2 cm³/mol. The summed E-state index contributed by atoms with van der Waals surface area (Å²) in [4.78, 5) is 11.9. The first-order valence-corrected chi connectivity index (χ1v) is 5.85. The number of hydrogen-bond acceptors (Lipinski definition) is 4. The molecule has 1 aliphatic heterocycles. The van der Waals surface area contributed by atoms with Crippen molar-refractivity contribution in [3.63, 3.8) is 0 Å². The van der Waals surface area contributed by atoms with Crippen molar-refractivity contribution >= 4 is 17.4 Å². The van der Waals surface area contributed by atoms with Gasteiger partial charge in [0.25, 0.3) is 0 Å². The van der Waals surface area contributed by atoms with E-state index in [1.165, 1.54) is 0 Å². The molecule has 92 valence electrons. The summed E-state index contributed by atoms with van der Waals surface area (Å²) >= 11 is 6.10. The minimum atomic E-state index is -0.0630. The second kappa shape index (κ2) is 4.94. The third-order valence-electron chi connectivity index (χ3n) is 2.67. The van der Waals surface area contributed by atoms with Crippen molar-refractivity contribution in [3.8, 4) is 11.5 Å². The van der Waals surface area contributed by atoms with Crippen LogP contribution in [0, 0.1) is 6.92 Å². The molecule has 0 saturated heterocycles. The maximum absolute atomic E-state index is 11.9. The molecule has 2 N–H and O–H groups in total. The van der Waals surface area contributed by atoms with Gasteiger partial charge >= 0.3 is 0 Å². The van der Waals surface area contributed by atoms with Gasteiger partial charge in [0.1, 0.15) is 13.2 Å². The van der Waals surface area contributed by atoms with Crippen LogP contribution >= 0.6 is 11.6 Å². The predicted octanol–water partition coefficient (Wildman–Crippen LogP) is 1.95. The molecule has 1 heterocycles. The fourth-order valence-electron chi connectivity index (χ4n) is 1.91. The Labute approximate surface area is 105 Å². The molecule has 0 spiro atoms. The van der Waals surface area contributed by atoms with Gasteiger partial charge in [0.05, 0.1) is 5.02 Å². The highest BCUT2D eigenvalue weighted by molar-refractivity contribution is 6.34. The second-order valence-corrected chi connectivity index (χ2v) is 4.25. The number of fused-ring (bicyclic) bond motifs is 1. The van der Waals surface area contributed by atoms with Crippen molar-refractivity contribution in [2.24, 2.45) is 5.73 Å². The van der Waals surface area contributed by atoms with E-state index in [2.05, 4.69) is 0 Å². The number of hydrogen-bond donors (Lipinski definition) is 1. The van der Waals surface area contributed by atoms with Crippen molar-refractivity contribution in [2.75, 3.05) is 19.8 Å². The Kier molecular flexibility index (Phi) is 3.54. The topological polar surface area (TPSA) is 61.6 Å². The molecular weight excluding hydrogens is 242 g/mol. The fourth-order valence-corrected chi connectivity index (χ4v) is 2.26. The largest absolute Gasteiger partial charge is 0.486 e. The zero-order valence-corrected chi connectivity index (χ0v) is 10.3. The molecule has 0 saturated carbocycles. The molecule has 0 atom stereocenters. The third kappa shape index (κ3) is 2.23. The lowest BCUT2D eigenvalue weighted by molar-refractivity contribution is 0.0983. The molecule has 0 unspecified atom stereocenters. The summed E-state index contributed by atoms with van der Waals surface area (Å²) in [5.74, 6) is 1.15. The van der Waals surface area contributed by atoms with E-state index in [4.69, 9.17) is 26.8 Å². The summed E-state index contributed by atoms with van der Waals surface area (Å²) in [6.45, 7) is 3.10. The number of carbonyl (C=O) groups excluding carboxylic acids is 1. The van der Waals surface area contributed by atoms with Gasteiger partial charge in [-0.05, 0) is 13.5 Å². The van der Waals surface area contributed by atoms with Crippen LogP contribution in [0.5, 0.6) is 11.5 Å². The number of ketones is 1. The first kappa shape index (κ1) is 12.2. The first-order chi connectivity index (χ1) is 8.15. The molecule has 2 rings (SSSR count). The highest BCUT2D eigenvalue weighted by Gasteiger charge is 2.22. The molecule has 0 bridgehead atoms. The number of Topliss-reactive ketones (excluding diaryl/α,β-unsaturated/α-hetero) is 1. The maximum atomic E-state index is 11.9. The van der Waals surface area contributed by atoms with Gasteiger partial charge in [0, 0.05) is 23.6 Å². The molecular formula is C12H14ClNO3. The van der Waals surface area contributed by atoms with Gasteiger partial charge in [-0.2, -0.15) is 0 Å². The maximum Gasteiger partial charge on any atom is 0.166 e. The van der Waals surface area contributed by atoms with Gasteiger partial charge in [-0.1, -0.05) is 11.6 Å². The van der Waals surface area contributed by atoms with Crippen molar-refractivity contribution in [2.45, 2.75) is 13.3 Å². The lowest BCUT2D eigenvalue weighted by Crippen LogP contribution is -2.18. The van der Waals surface area contributed by atoms with E-state index in [1.54, 1.807) is 6.07 Å². The van der Waals surface area contributed by atoms with E-state index in [0.717, 1.165) is 5.56 Å². The Morgan fingerprint density at radius 2 is 2.18 bits per heavy atom. The summed E-state index contributed by atoms with van der Waals surface area (Å²) in [6, 6.07) is 1.63. The van der Waals surface area contributed by atoms with Crippen LogP contribution in [0.25, 0.3) is 0 Å². The zero-order chi connectivity index (χ0) is 12.4. The monoisotopic (exact) mass is 255 g/mol. The summed E-state index contributed by atoms with van der Waals surface area (Å²) in [7, 11) is 0. The lowest BCUT2D eigenvalue weighted by atomic mass is 10.0. The standard InChI is InChI=1S/C12H14ClNO3/c1-7-11(9(15)2-3-14)8(13)6-10-12(7)17-5-4-16-10/h6H,2-5,14H2,1H3. The normalized spacial score (nSPS) is 13.6. The van der Waals surface area contributed by atoms with Gasteiger partial charge in [-0.25, -0.2) is 0 Å². The SMILES string of the molecule is Cc1c2c(cc(Cl)c1C(=O)CCN)OCCO2. The molecule has 5 heteroatoms. The van der Waals surface area contributed by atoms with E-state index in [0.29, 0.717) is 41.8 Å². The minimum Gasteiger partial charge on any atom is -0.486 e. The molecule has 0 fully saturated rings. The highest BCUT2D eigenvalue weighted by Crippen LogP contribution is 2.39. The molecule has 4 nitrogen and oxygen atoms in total. The molecule has 0 radical (unpaired) electrons. The van der Waals surface area contributed by atoms with Crippen molar-refractivity contribution in [1.82, 2.24) is 0 Å². The van der Waals surface area contributed by atoms with E-state index >= 15 is 0 Å². The van der Waals surface area contributed by atoms with Crippen LogP contribution in [0.4, 0.5) is 0 Å². The number of carbonyl (C=O) groups is 1. The van der Waals surface area contributed by atoms with Crippen LogP contribution in [0.1, 0.15) is 22.3 Å². The molecule has 1 aromatic carbocycles. The Bertz CT molecular complexity index is 460. The summed E-state index contributed by atoms with van der Waals surface area (Å²) < 4.78 is 10.9. The average molecular weight is 256 g/mol. The second-order valence-electron chi connectivity index (χ2n) is 3.84. The molecule has 1 aliphatic rings. The first-order valence-electron chi connectivity index (χ1n) is 5.47. The minimum absolute atomic E-state index is 0.0630. The van der Waals surface area contributed by atoms with Gasteiger partial charge in [-0.15, -0.1) is 0 Å². The highest BCUT2D eigenvalue weighted by atomic mass is 35.5. The number of rotatable bonds is 3. The van der Waals surface area contributed by atoms with E-state index in [1.807, 2.05) is 6.92 Å². The van der Waals surface area contributed by atoms with E-state index in [-0.39, 0.29) is 12.2 Å². The molecule has 1 aromatic rings. The van der Waals surface area contributed by atoms with Gasteiger partial charge < -0.3 is 15.2 Å². The fraction of sp³-hybridized carbons (Fsp3) is 0.417. The van der Waals surface area contributed by atoms with Crippen LogP contribution < -0.4 is 15.2 Å². The molecule has 0 aliphatic carbocycles. The van der Waals surface area contributed by atoms with Crippen LogP contribution in [0.3, 0.4) is 0 Å².